The standard InChI is InChI=1S/C6H9ClO3/c1-4(6(9)10)5(8)2-3-7/h4H,2-3H2,1H3,(H,9,10). The fourth-order valence-electron chi connectivity index (χ4n) is 0.447. The Balaban J connectivity index is 3.82. The fourth-order valence-corrected chi connectivity index (χ4v) is 0.634. The number of halogens is 1. The van der Waals surface area contributed by atoms with E-state index in [1.165, 1.54) is 6.92 Å². The SMILES string of the molecule is CC(C(=O)O)C(=O)CCCl. The zero-order valence-electron chi connectivity index (χ0n) is 5.63. The molecular formula is C6H9ClO3. The molecule has 0 rings (SSSR count). The van der Waals surface area contributed by atoms with Crippen molar-refractivity contribution in [1.82, 2.24) is 0 Å². The second kappa shape index (κ2) is 4.28. The summed E-state index contributed by atoms with van der Waals surface area (Å²) in [4.78, 5) is 20.9. The molecule has 0 spiro atoms. The molecule has 0 bridgehead atoms. The zero-order chi connectivity index (χ0) is 8.15. The monoisotopic (exact) mass is 164 g/mol. The number of rotatable bonds is 4. The van der Waals surface area contributed by atoms with Gasteiger partial charge in [-0.2, -0.15) is 0 Å². The molecule has 0 amide bonds. The molecule has 0 saturated carbocycles. The van der Waals surface area contributed by atoms with E-state index in [1.54, 1.807) is 0 Å². The van der Waals surface area contributed by atoms with Gasteiger partial charge in [-0.25, -0.2) is 0 Å². The van der Waals surface area contributed by atoms with Crippen LogP contribution in [-0.4, -0.2) is 22.7 Å². The molecule has 3 nitrogen and oxygen atoms in total. The summed E-state index contributed by atoms with van der Waals surface area (Å²) in [6.45, 7) is 1.36. The molecule has 0 heterocycles. The van der Waals surface area contributed by atoms with Crippen molar-refractivity contribution in [2.24, 2.45) is 5.92 Å². The number of aliphatic carboxylic acids is 1. The van der Waals surface area contributed by atoms with Crippen molar-refractivity contribution in [3.8, 4) is 0 Å². The highest BCUT2D eigenvalue weighted by Crippen LogP contribution is 2.01. The summed E-state index contributed by atoms with van der Waals surface area (Å²) >= 11 is 5.23. The largest absolute Gasteiger partial charge is 0.481 e. The Kier molecular flexibility index (Phi) is 4.03. The molecule has 0 aromatic carbocycles. The molecule has 1 unspecified atom stereocenters. The van der Waals surface area contributed by atoms with Crippen LogP contribution in [0.1, 0.15) is 13.3 Å². The third-order valence-corrected chi connectivity index (χ3v) is 1.38. The minimum Gasteiger partial charge on any atom is -0.481 e. The van der Waals surface area contributed by atoms with Crippen LogP contribution in [0.5, 0.6) is 0 Å². The van der Waals surface area contributed by atoms with Crippen molar-refractivity contribution in [2.45, 2.75) is 13.3 Å². The Morgan fingerprint density at radius 1 is 1.60 bits per heavy atom. The van der Waals surface area contributed by atoms with Crippen LogP contribution in [0, 0.1) is 5.92 Å². The van der Waals surface area contributed by atoms with E-state index in [0.29, 0.717) is 0 Å². The minimum atomic E-state index is -1.09. The second-order valence-corrected chi connectivity index (χ2v) is 2.34. The molecule has 0 saturated heterocycles. The number of carboxylic acid groups (broad SMARTS) is 1. The quantitative estimate of drug-likeness (QED) is 0.496. The molecule has 1 atom stereocenters. The van der Waals surface area contributed by atoms with E-state index in [1.807, 2.05) is 0 Å². The molecule has 0 aliphatic heterocycles. The van der Waals surface area contributed by atoms with E-state index in [4.69, 9.17) is 16.7 Å². The number of alkyl halides is 1. The first kappa shape index (κ1) is 9.43. The summed E-state index contributed by atoms with van der Waals surface area (Å²) in [6.07, 6.45) is 0.134. The highest BCUT2D eigenvalue weighted by Gasteiger charge is 2.18. The van der Waals surface area contributed by atoms with Gasteiger partial charge in [0.2, 0.25) is 0 Å². The molecule has 0 aliphatic rings. The first-order chi connectivity index (χ1) is 4.59. The van der Waals surface area contributed by atoms with E-state index in [0.717, 1.165) is 0 Å². The number of Topliss-reactive ketones (excluding diaryl/α,β-unsaturated/α-hetero) is 1. The Morgan fingerprint density at radius 2 is 2.10 bits per heavy atom. The predicted octanol–water partition coefficient (Wildman–Crippen LogP) is 0.905. The van der Waals surface area contributed by atoms with E-state index in [9.17, 15) is 9.59 Å². The lowest BCUT2D eigenvalue weighted by Gasteiger charge is -2.01. The Hall–Kier alpha value is -0.570. The van der Waals surface area contributed by atoms with E-state index in [-0.39, 0.29) is 18.1 Å². The van der Waals surface area contributed by atoms with Gasteiger partial charge in [-0.1, -0.05) is 0 Å². The lowest BCUT2D eigenvalue weighted by atomic mass is 10.1. The van der Waals surface area contributed by atoms with Gasteiger partial charge in [-0.05, 0) is 6.92 Å². The van der Waals surface area contributed by atoms with Crippen molar-refractivity contribution in [3.63, 3.8) is 0 Å². The zero-order valence-corrected chi connectivity index (χ0v) is 6.39. The van der Waals surface area contributed by atoms with Gasteiger partial charge in [0.05, 0.1) is 0 Å². The number of carboxylic acids is 1. The van der Waals surface area contributed by atoms with Crippen molar-refractivity contribution in [1.29, 1.82) is 0 Å². The molecule has 4 heteroatoms. The Bertz CT molecular complexity index is 144. The van der Waals surface area contributed by atoms with Crippen LogP contribution in [0.4, 0.5) is 0 Å². The van der Waals surface area contributed by atoms with Crippen LogP contribution in [-0.2, 0) is 9.59 Å². The van der Waals surface area contributed by atoms with E-state index < -0.39 is 11.9 Å². The predicted molar refractivity (Wildman–Crippen MR) is 37.1 cm³/mol. The van der Waals surface area contributed by atoms with Crippen LogP contribution in [0.15, 0.2) is 0 Å². The van der Waals surface area contributed by atoms with Crippen molar-refractivity contribution < 1.29 is 14.7 Å². The van der Waals surface area contributed by atoms with Crippen LogP contribution in [0.25, 0.3) is 0 Å². The topological polar surface area (TPSA) is 54.4 Å². The van der Waals surface area contributed by atoms with Crippen molar-refractivity contribution in [2.75, 3.05) is 5.88 Å². The van der Waals surface area contributed by atoms with Crippen LogP contribution in [0.2, 0.25) is 0 Å². The summed E-state index contributed by atoms with van der Waals surface area (Å²) in [5, 5.41) is 8.32. The summed E-state index contributed by atoms with van der Waals surface area (Å²) in [6, 6.07) is 0. The smallest absolute Gasteiger partial charge is 0.313 e. The average Bonchev–Trinajstić information content (AvgIpc) is 1.87. The lowest BCUT2D eigenvalue weighted by molar-refractivity contribution is -0.145. The highest BCUT2D eigenvalue weighted by atomic mass is 35.5. The average molecular weight is 165 g/mol. The molecule has 0 fully saturated rings. The molecular weight excluding hydrogens is 156 g/mol. The third kappa shape index (κ3) is 2.82. The van der Waals surface area contributed by atoms with Gasteiger partial charge in [-0.3, -0.25) is 9.59 Å². The third-order valence-electron chi connectivity index (χ3n) is 1.19. The number of carbonyl (C=O) groups excluding carboxylic acids is 1. The number of ketones is 1. The number of carbonyl (C=O) groups is 2. The molecule has 0 radical (unpaired) electrons. The normalized spacial score (nSPS) is 12.6. The Morgan fingerprint density at radius 3 is 2.40 bits per heavy atom. The van der Waals surface area contributed by atoms with Gasteiger partial charge in [0.25, 0.3) is 0 Å². The van der Waals surface area contributed by atoms with Crippen LogP contribution in [0.3, 0.4) is 0 Å². The summed E-state index contributed by atoms with van der Waals surface area (Å²) in [7, 11) is 0. The fraction of sp³-hybridized carbons (Fsp3) is 0.667. The maximum absolute atomic E-state index is 10.7. The molecule has 0 aliphatic carbocycles. The summed E-state index contributed by atoms with van der Waals surface area (Å²) in [5.74, 6) is -2.13. The van der Waals surface area contributed by atoms with Crippen LogP contribution >= 0.6 is 11.6 Å². The first-order valence-corrected chi connectivity index (χ1v) is 3.44. The Labute approximate surface area is 64.0 Å². The maximum atomic E-state index is 10.7. The summed E-state index contributed by atoms with van der Waals surface area (Å²) in [5.41, 5.74) is 0. The van der Waals surface area contributed by atoms with Gasteiger partial charge in [0, 0.05) is 12.3 Å². The highest BCUT2D eigenvalue weighted by molar-refractivity contribution is 6.19. The number of hydrogen-bond acceptors (Lipinski definition) is 2. The van der Waals surface area contributed by atoms with Gasteiger partial charge in [-0.15, -0.1) is 11.6 Å². The van der Waals surface area contributed by atoms with Crippen molar-refractivity contribution in [3.05, 3.63) is 0 Å². The van der Waals surface area contributed by atoms with E-state index in [2.05, 4.69) is 0 Å². The van der Waals surface area contributed by atoms with Gasteiger partial charge in [0.15, 0.2) is 0 Å². The number of hydrogen-bond donors (Lipinski definition) is 1. The van der Waals surface area contributed by atoms with E-state index >= 15 is 0 Å². The molecule has 0 aromatic heterocycles. The van der Waals surface area contributed by atoms with Crippen molar-refractivity contribution >= 4 is 23.4 Å². The molecule has 10 heavy (non-hydrogen) atoms. The minimum absolute atomic E-state index is 0.134. The molecule has 0 aromatic rings. The molecule has 1 N–H and O–H groups in total. The van der Waals surface area contributed by atoms with Gasteiger partial charge >= 0.3 is 5.97 Å². The van der Waals surface area contributed by atoms with Crippen LogP contribution < -0.4 is 0 Å². The second-order valence-electron chi connectivity index (χ2n) is 1.97. The summed E-state index contributed by atoms with van der Waals surface area (Å²) < 4.78 is 0. The van der Waals surface area contributed by atoms with Gasteiger partial charge in [0.1, 0.15) is 11.7 Å². The lowest BCUT2D eigenvalue weighted by Crippen LogP contribution is -2.20. The maximum Gasteiger partial charge on any atom is 0.313 e. The first-order valence-electron chi connectivity index (χ1n) is 2.91. The molecule has 58 valence electrons. The van der Waals surface area contributed by atoms with Gasteiger partial charge < -0.3 is 5.11 Å².